The Kier molecular flexibility index (Phi) is 3.99. The molecule has 1 saturated carbocycles. The summed E-state index contributed by atoms with van der Waals surface area (Å²) in [5.41, 5.74) is 0.0393. The molecule has 1 aromatic carbocycles. The van der Waals surface area contributed by atoms with Gasteiger partial charge in [0.1, 0.15) is 0 Å². The van der Waals surface area contributed by atoms with E-state index in [0.717, 1.165) is 5.56 Å². The zero-order valence-corrected chi connectivity index (χ0v) is 12.7. The molecule has 110 valence electrons. The molecule has 2 fully saturated rings. The van der Waals surface area contributed by atoms with E-state index in [1.165, 1.54) is 0 Å². The predicted molar refractivity (Wildman–Crippen MR) is 78.2 cm³/mol. The van der Waals surface area contributed by atoms with Crippen molar-refractivity contribution in [1.82, 2.24) is 0 Å². The Bertz CT molecular complexity index is 468. The minimum Gasteiger partial charge on any atom is -0.390 e. The molecular formula is C15H18Cl2O3. The SMILES string of the molecule is OC1(Cc2c(Cl)cccc2Cl)CCC2(CC1)OCCO2. The van der Waals surface area contributed by atoms with Gasteiger partial charge in [0.15, 0.2) is 5.79 Å². The summed E-state index contributed by atoms with van der Waals surface area (Å²) >= 11 is 12.4. The number of hydrogen-bond acceptors (Lipinski definition) is 3. The first kappa shape index (κ1) is 14.6. The third-order valence-electron chi connectivity index (χ3n) is 4.32. The monoisotopic (exact) mass is 316 g/mol. The smallest absolute Gasteiger partial charge is 0.168 e. The normalized spacial score (nSPS) is 24.1. The van der Waals surface area contributed by atoms with Gasteiger partial charge in [-0.15, -0.1) is 0 Å². The zero-order chi connectivity index (χ0) is 14.2. The Morgan fingerprint density at radius 1 is 1.00 bits per heavy atom. The quantitative estimate of drug-likeness (QED) is 0.906. The first-order chi connectivity index (χ1) is 9.52. The van der Waals surface area contributed by atoms with E-state index in [2.05, 4.69) is 0 Å². The summed E-state index contributed by atoms with van der Waals surface area (Å²) in [4.78, 5) is 0. The molecule has 3 rings (SSSR count). The van der Waals surface area contributed by atoms with Crippen molar-refractivity contribution in [3.05, 3.63) is 33.8 Å². The van der Waals surface area contributed by atoms with Crippen LogP contribution in [0.25, 0.3) is 0 Å². The molecule has 0 amide bonds. The Labute approximate surface area is 128 Å². The van der Waals surface area contributed by atoms with E-state index >= 15 is 0 Å². The van der Waals surface area contributed by atoms with Gasteiger partial charge in [-0.3, -0.25) is 0 Å². The van der Waals surface area contributed by atoms with Gasteiger partial charge < -0.3 is 14.6 Å². The van der Waals surface area contributed by atoms with Gasteiger partial charge in [0.2, 0.25) is 0 Å². The zero-order valence-electron chi connectivity index (χ0n) is 11.2. The third-order valence-corrected chi connectivity index (χ3v) is 5.03. The highest BCUT2D eigenvalue weighted by Gasteiger charge is 2.45. The molecule has 20 heavy (non-hydrogen) atoms. The highest BCUT2D eigenvalue weighted by molar-refractivity contribution is 6.36. The minimum absolute atomic E-state index is 0.462. The van der Waals surface area contributed by atoms with Crippen LogP contribution in [0.5, 0.6) is 0 Å². The summed E-state index contributed by atoms with van der Waals surface area (Å²) in [5, 5.41) is 12.0. The van der Waals surface area contributed by atoms with Crippen LogP contribution in [0, 0.1) is 0 Å². The Hall–Kier alpha value is -0.320. The van der Waals surface area contributed by atoms with Crippen molar-refractivity contribution in [3.63, 3.8) is 0 Å². The fourth-order valence-corrected chi connectivity index (χ4v) is 3.62. The van der Waals surface area contributed by atoms with Crippen molar-refractivity contribution < 1.29 is 14.6 Å². The first-order valence-electron chi connectivity index (χ1n) is 6.95. The number of halogens is 2. The maximum atomic E-state index is 10.8. The minimum atomic E-state index is -0.783. The summed E-state index contributed by atoms with van der Waals surface area (Å²) in [5.74, 6) is -0.462. The molecule has 0 atom stereocenters. The third kappa shape index (κ3) is 2.83. The Balaban J connectivity index is 1.72. The van der Waals surface area contributed by atoms with Crippen LogP contribution in [-0.2, 0) is 15.9 Å². The van der Waals surface area contributed by atoms with Gasteiger partial charge in [-0.2, -0.15) is 0 Å². The number of benzene rings is 1. The van der Waals surface area contributed by atoms with Gasteiger partial charge >= 0.3 is 0 Å². The van der Waals surface area contributed by atoms with Crippen LogP contribution in [0.15, 0.2) is 18.2 Å². The van der Waals surface area contributed by atoms with Crippen molar-refractivity contribution in [2.75, 3.05) is 13.2 Å². The summed E-state index contributed by atoms with van der Waals surface area (Å²) in [7, 11) is 0. The van der Waals surface area contributed by atoms with Gasteiger partial charge in [-0.05, 0) is 30.5 Å². The van der Waals surface area contributed by atoms with Gasteiger partial charge in [0.05, 0.1) is 18.8 Å². The fraction of sp³-hybridized carbons (Fsp3) is 0.600. The topological polar surface area (TPSA) is 38.7 Å². The lowest BCUT2D eigenvalue weighted by molar-refractivity contribution is -0.202. The molecule has 3 nitrogen and oxygen atoms in total. The largest absolute Gasteiger partial charge is 0.390 e. The van der Waals surface area contributed by atoms with E-state index in [0.29, 0.717) is 55.4 Å². The van der Waals surface area contributed by atoms with Gasteiger partial charge in [0, 0.05) is 29.3 Å². The molecular weight excluding hydrogens is 299 g/mol. The average Bonchev–Trinajstić information content (AvgIpc) is 2.88. The highest BCUT2D eigenvalue weighted by atomic mass is 35.5. The second-order valence-corrected chi connectivity index (χ2v) is 6.52. The van der Waals surface area contributed by atoms with E-state index in [1.807, 2.05) is 6.07 Å². The lowest BCUT2D eigenvalue weighted by Gasteiger charge is -2.40. The molecule has 5 heteroatoms. The standard InChI is InChI=1S/C15H18Cl2O3/c16-12-2-1-3-13(17)11(12)10-14(18)4-6-15(7-5-14)19-8-9-20-15/h1-3,18H,4-10H2. The van der Waals surface area contributed by atoms with Crippen molar-refractivity contribution in [3.8, 4) is 0 Å². The molecule has 0 radical (unpaired) electrons. The number of hydrogen-bond donors (Lipinski definition) is 1. The van der Waals surface area contributed by atoms with E-state index < -0.39 is 11.4 Å². The number of ether oxygens (including phenoxy) is 2. The van der Waals surface area contributed by atoms with Crippen LogP contribution >= 0.6 is 23.2 Å². The summed E-state index contributed by atoms with van der Waals surface area (Å²) in [6, 6.07) is 5.42. The number of aliphatic hydroxyl groups is 1. The molecule has 0 bridgehead atoms. The molecule has 2 aliphatic rings. The van der Waals surface area contributed by atoms with Gasteiger partial charge in [-0.25, -0.2) is 0 Å². The predicted octanol–water partition coefficient (Wildman–Crippen LogP) is 3.58. The Morgan fingerprint density at radius 2 is 1.55 bits per heavy atom. The van der Waals surface area contributed by atoms with Crippen LogP contribution in [-0.4, -0.2) is 29.7 Å². The van der Waals surface area contributed by atoms with E-state index in [4.69, 9.17) is 32.7 Å². The van der Waals surface area contributed by atoms with Crippen LogP contribution in [0.3, 0.4) is 0 Å². The van der Waals surface area contributed by atoms with Crippen molar-refractivity contribution in [2.24, 2.45) is 0 Å². The highest BCUT2D eigenvalue weighted by Crippen LogP contribution is 2.42. The van der Waals surface area contributed by atoms with Crippen molar-refractivity contribution in [1.29, 1.82) is 0 Å². The maximum absolute atomic E-state index is 10.8. The molecule has 1 spiro atoms. The molecule has 1 N–H and O–H groups in total. The molecule has 0 unspecified atom stereocenters. The Morgan fingerprint density at radius 3 is 2.10 bits per heavy atom. The van der Waals surface area contributed by atoms with Crippen LogP contribution in [0.4, 0.5) is 0 Å². The second-order valence-electron chi connectivity index (χ2n) is 5.71. The second kappa shape index (κ2) is 5.47. The summed E-state index contributed by atoms with van der Waals surface area (Å²) in [6.07, 6.45) is 3.17. The average molecular weight is 317 g/mol. The first-order valence-corrected chi connectivity index (χ1v) is 7.71. The van der Waals surface area contributed by atoms with Gasteiger partial charge in [0.25, 0.3) is 0 Å². The van der Waals surface area contributed by atoms with E-state index in [1.54, 1.807) is 12.1 Å². The molecule has 1 aliphatic heterocycles. The van der Waals surface area contributed by atoms with E-state index in [9.17, 15) is 5.11 Å². The van der Waals surface area contributed by atoms with Gasteiger partial charge in [-0.1, -0.05) is 29.3 Å². The van der Waals surface area contributed by atoms with Crippen molar-refractivity contribution in [2.45, 2.75) is 43.5 Å². The molecule has 1 aliphatic carbocycles. The van der Waals surface area contributed by atoms with Crippen LogP contribution in [0.2, 0.25) is 10.0 Å². The van der Waals surface area contributed by atoms with Crippen LogP contribution < -0.4 is 0 Å². The number of rotatable bonds is 2. The lowest BCUT2D eigenvalue weighted by Crippen LogP contribution is -2.44. The van der Waals surface area contributed by atoms with Crippen molar-refractivity contribution >= 4 is 23.2 Å². The summed E-state index contributed by atoms with van der Waals surface area (Å²) < 4.78 is 11.4. The fourth-order valence-electron chi connectivity index (χ4n) is 3.09. The van der Waals surface area contributed by atoms with E-state index in [-0.39, 0.29) is 0 Å². The molecule has 1 saturated heterocycles. The maximum Gasteiger partial charge on any atom is 0.168 e. The lowest BCUT2D eigenvalue weighted by atomic mass is 9.78. The molecule has 1 aromatic rings. The van der Waals surface area contributed by atoms with Crippen LogP contribution in [0.1, 0.15) is 31.2 Å². The molecule has 1 heterocycles. The summed E-state index contributed by atoms with van der Waals surface area (Å²) in [6.45, 7) is 1.30. The molecule has 0 aromatic heterocycles.